The highest BCUT2D eigenvalue weighted by Gasteiger charge is 2.27. The molecule has 0 aliphatic carbocycles. The van der Waals surface area contributed by atoms with Crippen molar-refractivity contribution >= 4 is 58.1 Å². The summed E-state index contributed by atoms with van der Waals surface area (Å²) in [5, 5.41) is 3.67. The average Bonchev–Trinajstić information content (AvgIpc) is 3.32. The van der Waals surface area contributed by atoms with Gasteiger partial charge in [-0.05, 0) is 60.1 Å². The Hall–Kier alpha value is -3.25. The van der Waals surface area contributed by atoms with Crippen molar-refractivity contribution in [2.75, 3.05) is 23.0 Å². The lowest BCUT2D eigenvalue weighted by molar-refractivity contribution is 0.102. The minimum atomic E-state index is -4.03. The van der Waals surface area contributed by atoms with Gasteiger partial charge in [-0.1, -0.05) is 25.7 Å². The van der Waals surface area contributed by atoms with Gasteiger partial charge in [0.1, 0.15) is 12.4 Å². The fourth-order valence-corrected chi connectivity index (χ4v) is 5.78. The van der Waals surface area contributed by atoms with E-state index < -0.39 is 18.1 Å². The topological polar surface area (TPSA) is 117 Å². The molecule has 9 nitrogen and oxygen atoms in total. The number of aromatic nitrogens is 3. The molecule has 2 aromatic carbocycles. The zero-order valence-corrected chi connectivity index (χ0v) is 24.0. The van der Waals surface area contributed by atoms with E-state index in [0.717, 1.165) is 26.8 Å². The second-order valence-electron chi connectivity index (χ2n) is 9.97. The maximum Gasteiger partial charge on any atom is 0.272 e. The summed E-state index contributed by atoms with van der Waals surface area (Å²) >= 11 is 5.90. The molecular weight excluding hydrogens is 542 g/mol. The average molecular weight is 572 g/mol. The van der Waals surface area contributed by atoms with Crippen molar-refractivity contribution in [2.45, 2.75) is 36.5 Å². The summed E-state index contributed by atoms with van der Waals surface area (Å²) in [5.74, 6) is 0.0597. The van der Waals surface area contributed by atoms with Gasteiger partial charge in [0.25, 0.3) is 15.9 Å². The SMILES string of the molecule is C[Si](C)(C)CCOCN(c1ncccn1)S(=O)(=O)c1ccc(NC(=O)c2cc3cc(CCl)ccc3[nH]2)cc1. The molecule has 0 atom stereocenters. The van der Waals surface area contributed by atoms with Gasteiger partial charge in [-0.3, -0.25) is 4.79 Å². The molecule has 0 unspecified atom stereocenters. The van der Waals surface area contributed by atoms with E-state index in [1.807, 2.05) is 18.2 Å². The fraction of sp³-hybridized carbons (Fsp3) is 0.269. The van der Waals surface area contributed by atoms with Crippen LogP contribution in [-0.4, -0.2) is 50.7 Å². The predicted molar refractivity (Wildman–Crippen MR) is 153 cm³/mol. The first-order chi connectivity index (χ1) is 18.1. The first-order valence-electron chi connectivity index (χ1n) is 12.0. The number of carbonyl (C=O) groups is 1. The Labute approximate surface area is 228 Å². The Bertz CT molecular complexity index is 1510. The molecule has 2 aromatic heterocycles. The monoisotopic (exact) mass is 571 g/mol. The molecule has 0 bridgehead atoms. The number of fused-ring (bicyclic) bond motifs is 1. The molecule has 0 aliphatic heterocycles. The van der Waals surface area contributed by atoms with Crippen LogP contribution in [0.5, 0.6) is 0 Å². The number of benzene rings is 2. The number of hydrogen-bond acceptors (Lipinski definition) is 6. The van der Waals surface area contributed by atoms with Crippen LogP contribution < -0.4 is 9.62 Å². The quantitative estimate of drug-likeness (QED) is 0.107. The zero-order chi connectivity index (χ0) is 27.3. The number of nitrogens with one attached hydrogen (secondary N) is 2. The lowest BCUT2D eigenvalue weighted by Gasteiger charge is -2.23. The number of alkyl halides is 1. The number of ether oxygens (including phenoxy) is 1. The molecule has 12 heteroatoms. The van der Waals surface area contributed by atoms with Gasteiger partial charge in [0.05, 0.1) is 4.90 Å². The zero-order valence-electron chi connectivity index (χ0n) is 21.4. The van der Waals surface area contributed by atoms with Gasteiger partial charge in [-0.2, -0.15) is 0 Å². The molecule has 38 heavy (non-hydrogen) atoms. The largest absolute Gasteiger partial charge is 0.360 e. The first-order valence-corrected chi connectivity index (χ1v) is 17.7. The lowest BCUT2D eigenvalue weighted by Crippen LogP contribution is -2.35. The third-order valence-electron chi connectivity index (χ3n) is 5.76. The molecule has 0 fully saturated rings. The van der Waals surface area contributed by atoms with Crippen LogP contribution in [0.3, 0.4) is 0 Å². The summed E-state index contributed by atoms with van der Waals surface area (Å²) in [6.45, 7) is 6.91. The highest BCUT2D eigenvalue weighted by atomic mass is 35.5. The van der Waals surface area contributed by atoms with Gasteiger partial charge in [-0.15, -0.1) is 11.6 Å². The molecule has 0 aliphatic rings. The molecule has 0 spiro atoms. The van der Waals surface area contributed by atoms with Crippen LogP contribution in [0.15, 0.2) is 71.9 Å². The van der Waals surface area contributed by atoms with E-state index >= 15 is 0 Å². The Morgan fingerprint density at radius 2 is 1.79 bits per heavy atom. The molecule has 2 N–H and O–H groups in total. The van der Waals surface area contributed by atoms with Gasteiger partial charge in [0, 0.05) is 49.5 Å². The minimum absolute atomic E-state index is 0.0222. The predicted octanol–water partition coefficient (Wildman–Crippen LogP) is 5.46. The molecule has 200 valence electrons. The minimum Gasteiger partial charge on any atom is -0.360 e. The summed E-state index contributed by atoms with van der Waals surface area (Å²) in [6.07, 6.45) is 2.96. The van der Waals surface area contributed by atoms with Crippen molar-refractivity contribution in [3.8, 4) is 0 Å². The molecule has 0 saturated carbocycles. The molecule has 0 radical (unpaired) electrons. The number of hydrogen-bond donors (Lipinski definition) is 2. The van der Waals surface area contributed by atoms with Crippen LogP contribution in [0.25, 0.3) is 10.9 Å². The van der Waals surface area contributed by atoms with Crippen molar-refractivity contribution in [2.24, 2.45) is 0 Å². The van der Waals surface area contributed by atoms with Crippen molar-refractivity contribution in [3.63, 3.8) is 0 Å². The number of aromatic amines is 1. The van der Waals surface area contributed by atoms with Crippen LogP contribution >= 0.6 is 11.6 Å². The highest BCUT2D eigenvalue weighted by Crippen LogP contribution is 2.23. The highest BCUT2D eigenvalue weighted by molar-refractivity contribution is 7.92. The summed E-state index contributed by atoms with van der Waals surface area (Å²) in [5.41, 5.74) is 2.60. The molecule has 1 amide bonds. The summed E-state index contributed by atoms with van der Waals surface area (Å²) in [7, 11) is -5.37. The Morgan fingerprint density at radius 3 is 2.45 bits per heavy atom. The van der Waals surface area contributed by atoms with Gasteiger partial charge in [0.2, 0.25) is 5.95 Å². The number of amides is 1. The van der Waals surface area contributed by atoms with Crippen LogP contribution in [0.2, 0.25) is 25.7 Å². The van der Waals surface area contributed by atoms with E-state index in [1.165, 1.54) is 36.7 Å². The standard InChI is InChI=1S/C26H30ClN5O4SSi/c1-38(2,3)14-13-36-18-32(26-28-11-4-12-29-26)37(34,35)22-8-6-21(7-9-22)30-25(33)24-16-20-15-19(17-27)5-10-23(20)31-24/h4-12,15-16,31H,13-14,17-18H2,1-3H3,(H,30,33). The Morgan fingerprint density at radius 1 is 1.08 bits per heavy atom. The summed E-state index contributed by atoms with van der Waals surface area (Å²) < 4.78 is 33.8. The molecule has 0 saturated heterocycles. The maximum absolute atomic E-state index is 13.5. The fourth-order valence-electron chi connectivity index (χ4n) is 3.60. The van der Waals surface area contributed by atoms with E-state index in [0.29, 0.717) is 23.9 Å². The molecule has 2 heterocycles. The van der Waals surface area contributed by atoms with E-state index in [1.54, 1.807) is 12.1 Å². The first kappa shape index (κ1) is 27.8. The lowest BCUT2D eigenvalue weighted by atomic mass is 10.2. The number of anilines is 2. The molecule has 4 aromatic rings. The van der Waals surface area contributed by atoms with E-state index in [9.17, 15) is 13.2 Å². The van der Waals surface area contributed by atoms with Gasteiger partial charge >= 0.3 is 0 Å². The third-order valence-corrected chi connectivity index (χ3v) is 9.49. The summed E-state index contributed by atoms with van der Waals surface area (Å²) in [4.78, 5) is 24.1. The number of H-pyrrole nitrogens is 1. The second kappa shape index (κ2) is 11.6. The van der Waals surface area contributed by atoms with Crippen LogP contribution in [0.1, 0.15) is 16.1 Å². The van der Waals surface area contributed by atoms with Crippen LogP contribution in [-0.2, 0) is 20.6 Å². The van der Waals surface area contributed by atoms with Gasteiger partial charge in [-0.25, -0.2) is 22.7 Å². The van der Waals surface area contributed by atoms with Crippen LogP contribution in [0.4, 0.5) is 11.6 Å². The van der Waals surface area contributed by atoms with Crippen molar-refractivity contribution in [1.29, 1.82) is 0 Å². The van der Waals surface area contributed by atoms with Crippen molar-refractivity contribution in [3.05, 3.63) is 78.2 Å². The van der Waals surface area contributed by atoms with Crippen molar-refractivity contribution < 1.29 is 17.9 Å². The number of halogens is 1. The third kappa shape index (κ3) is 6.78. The smallest absolute Gasteiger partial charge is 0.272 e. The normalized spacial score (nSPS) is 12.0. The van der Waals surface area contributed by atoms with E-state index in [2.05, 4.69) is 39.9 Å². The number of sulfonamides is 1. The Kier molecular flexibility index (Phi) is 8.51. The molecule has 4 rings (SSSR count). The summed E-state index contributed by atoms with van der Waals surface area (Å²) in [6, 6.07) is 15.9. The number of carbonyl (C=O) groups excluding carboxylic acids is 1. The van der Waals surface area contributed by atoms with E-state index in [4.69, 9.17) is 16.3 Å². The Balaban J connectivity index is 1.49. The number of nitrogens with zero attached hydrogens (tertiary/aromatic N) is 3. The maximum atomic E-state index is 13.5. The van der Waals surface area contributed by atoms with Gasteiger partial charge < -0.3 is 15.0 Å². The van der Waals surface area contributed by atoms with Crippen molar-refractivity contribution in [1.82, 2.24) is 15.0 Å². The second-order valence-corrected chi connectivity index (χ2v) is 17.7. The number of rotatable bonds is 11. The van der Waals surface area contributed by atoms with Gasteiger partial charge in [0.15, 0.2) is 0 Å². The van der Waals surface area contributed by atoms with E-state index in [-0.39, 0.29) is 23.5 Å². The van der Waals surface area contributed by atoms with Crippen LogP contribution in [0, 0.1) is 0 Å². The molecular formula is C26H30ClN5O4SSi.